The van der Waals surface area contributed by atoms with Crippen LogP contribution in [0.3, 0.4) is 0 Å². The van der Waals surface area contributed by atoms with E-state index in [0.717, 1.165) is 31.8 Å². The predicted octanol–water partition coefficient (Wildman–Crippen LogP) is 3.22. The third-order valence-electron chi connectivity index (χ3n) is 5.09. The van der Waals surface area contributed by atoms with Crippen LogP contribution >= 0.6 is 0 Å². The SMILES string of the molecule is COCCN1CCCC[C@H]1c1ncc(C(=O)Nc2ccccc2OC)c(C)n1. The van der Waals surface area contributed by atoms with Gasteiger partial charge in [0.2, 0.25) is 0 Å². The highest BCUT2D eigenvalue weighted by Crippen LogP contribution is 2.29. The molecule has 0 radical (unpaired) electrons. The van der Waals surface area contributed by atoms with Crippen molar-refractivity contribution >= 4 is 11.6 Å². The van der Waals surface area contributed by atoms with Crippen molar-refractivity contribution in [3.05, 3.63) is 47.5 Å². The third kappa shape index (κ3) is 4.66. The Bertz CT molecular complexity index is 812. The number of aromatic nitrogens is 2. The zero-order valence-corrected chi connectivity index (χ0v) is 16.8. The Balaban J connectivity index is 1.76. The number of amides is 1. The number of benzene rings is 1. The number of hydrogen-bond acceptors (Lipinski definition) is 6. The molecule has 3 rings (SSSR count). The van der Waals surface area contributed by atoms with Gasteiger partial charge in [0.1, 0.15) is 11.6 Å². The summed E-state index contributed by atoms with van der Waals surface area (Å²) < 4.78 is 10.5. The van der Waals surface area contributed by atoms with Crippen LogP contribution < -0.4 is 10.1 Å². The van der Waals surface area contributed by atoms with Gasteiger partial charge in [-0.05, 0) is 38.4 Å². The number of ether oxygens (including phenoxy) is 2. The first-order chi connectivity index (χ1) is 13.6. The molecule has 1 atom stereocenters. The molecule has 1 N–H and O–H groups in total. The lowest BCUT2D eigenvalue weighted by atomic mass is 10.0. The molecule has 1 amide bonds. The summed E-state index contributed by atoms with van der Waals surface area (Å²) in [5.74, 6) is 1.15. The van der Waals surface area contributed by atoms with Crippen molar-refractivity contribution in [2.45, 2.75) is 32.2 Å². The predicted molar refractivity (Wildman–Crippen MR) is 108 cm³/mol. The zero-order chi connectivity index (χ0) is 19.9. The average Bonchev–Trinajstić information content (AvgIpc) is 2.72. The molecular weight excluding hydrogens is 356 g/mol. The minimum Gasteiger partial charge on any atom is -0.495 e. The van der Waals surface area contributed by atoms with Gasteiger partial charge < -0.3 is 14.8 Å². The molecule has 0 spiro atoms. The minimum absolute atomic E-state index is 0.175. The van der Waals surface area contributed by atoms with Crippen molar-refractivity contribution in [3.8, 4) is 5.75 Å². The quantitative estimate of drug-likeness (QED) is 0.790. The van der Waals surface area contributed by atoms with Crippen molar-refractivity contribution in [2.24, 2.45) is 0 Å². The fraction of sp³-hybridized carbons (Fsp3) is 0.476. The Morgan fingerprint density at radius 2 is 2.11 bits per heavy atom. The molecule has 1 aromatic heterocycles. The number of hydrogen-bond donors (Lipinski definition) is 1. The second kappa shape index (κ2) is 9.61. The maximum absolute atomic E-state index is 12.7. The fourth-order valence-corrected chi connectivity index (χ4v) is 3.57. The van der Waals surface area contributed by atoms with Crippen LogP contribution in [-0.4, -0.2) is 54.7 Å². The molecule has 28 heavy (non-hydrogen) atoms. The molecule has 0 saturated carbocycles. The largest absolute Gasteiger partial charge is 0.495 e. The fourth-order valence-electron chi connectivity index (χ4n) is 3.57. The number of aryl methyl sites for hydroxylation is 1. The van der Waals surface area contributed by atoms with Crippen molar-refractivity contribution in [2.75, 3.05) is 39.2 Å². The van der Waals surface area contributed by atoms with E-state index < -0.39 is 0 Å². The average molecular weight is 384 g/mol. The van der Waals surface area contributed by atoms with E-state index in [4.69, 9.17) is 9.47 Å². The third-order valence-corrected chi connectivity index (χ3v) is 5.09. The summed E-state index contributed by atoms with van der Waals surface area (Å²) in [5, 5.41) is 2.88. The van der Waals surface area contributed by atoms with E-state index in [9.17, 15) is 4.79 Å². The van der Waals surface area contributed by atoms with Crippen molar-refractivity contribution in [1.29, 1.82) is 0 Å². The maximum atomic E-state index is 12.7. The van der Waals surface area contributed by atoms with Crippen LogP contribution in [0.25, 0.3) is 0 Å². The van der Waals surface area contributed by atoms with Crippen LogP contribution in [0.4, 0.5) is 5.69 Å². The molecule has 2 aromatic rings. The number of carbonyl (C=O) groups is 1. The molecule has 2 heterocycles. The van der Waals surface area contributed by atoms with Gasteiger partial charge in [-0.25, -0.2) is 9.97 Å². The van der Waals surface area contributed by atoms with Crippen LogP contribution in [0, 0.1) is 6.92 Å². The Kier molecular flexibility index (Phi) is 6.95. The first kappa shape index (κ1) is 20.2. The highest BCUT2D eigenvalue weighted by molar-refractivity contribution is 6.05. The number of piperidine rings is 1. The highest BCUT2D eigenvalue weighted by Gasteiger charge is 2.26. The van der Waals surface area contributed by atoms with E-state index in [1.165, 1.54) is 6.42 Å². The second-order valence-electron chi connectivity index (χ2n) is 6.92. The lowest BCUT2D eigenvalue weighted by Crippen LogP contribution is -2.37. The van der Waals surface area contributed by atoms with Gasteiger partial charge in [0.05, 0.1) is 36.7 Å². The summed E-state index contributed by atoms with van der Waals surface area (Å²) in [5.41, 5.74) is 1.76. The summed E-state index contributed by atoms with van der Waals surface area (Å²) in [7, 11) is 3.29. The first-order valence-electron chi connectivity index (χ1n) is 9.65. The molecule has 1 aliphatic heterocycles. The van der Waals surface area contributed by atoms with E-state index in [-0.39, 0.29) is 11.9 Å². The summed E-state index contributed by atoms with van der Waals surface area (Å²) in [6.07, 6.45) is 4.99. The van der Waals surface area contributed by atoms with Gasteiger partial charge in [0, 0.05) is 19.9 Å². The van der Waals surface area contributed by atoms with Gasteiger partial charge in [-0.3, -0.25) is 9.69 Å². The summed E-state index contributed by atoms with van der Waals surface area (Å²) >= 11 is 0. The second-order valence-corrected chi connectivity index (χ2v) is 6.92. The molecule has 1 aromatic carbocycles. The minimum atomic E-state index is -0.242. The van der Waals surface area contributed by atoms with Gasteiger partial charge >= 0.3 is 0 Å². The van der Waals surface area contributed by atoms with E-state index in [1.807, 2.05) is 19.1 Å². The normalized spacial score (nSPS) is 17.3. The number of rotatable bonds is 7. The van der Waals surface area contributed by atoms with Crippen molar-refractivity contribution in [1.82, 2.24) is 14.9 Å². The molecule has 1 saturated heterocycles. The number of nitrogens with zero attached hydrogens (tertiary/aromatic N) is 3. The van der Waals surface area contributed by atoms with Gasteiger partial charge in [-0.2, -0.15) is 0 Å². The van der Waals surface area contributed by atoms with Gasteiger partial charge in [-0.15, -0.1) is 0 Å². The molecule has 1 fully saturated rings. The Morgan fingerprint density at radius 3 is 2.86 bits per heavy atom. The number of para-hydroxylation sites is 2. The molecule has 7 heteroatoms. The number of likely N-dealkylation sites (tertiary alicyclic amines) is 1. The van der Waals surface area contributed by atoms with Crippen LogP contribution in [0.5, 0.6) is 5.75 Å². The monoisotopic (exact) mass is 384 g/mol. The Morgan fingerprint density at radius 1 is 1.29 bits per heavy atom. The van der Waals surface area contributed by atoms with Gasteiger partial charge in [0.15, 0.2) is 0 Å². The summed E-state index contributed by atoms with van der Waals surface area (Å²) in [6, 6.07) is 7.49. The molecular formula is C21H28N4O3. The Labute approximate surface area is 166 Å². The molecule has 150 valence electrons. The van der Waals surface area contributed by atoms with E-state index in [2.05, 4.69) is 20.2 Å². The Hall–Kier alpha value is -2.51. The summed E-state index contributed by atoms with van der Waals surface area (Å²) in [4.78, 5) is 24.3. The molecule has 0 unspecified atom stereocenters. The van der Waals surface area contributed by atoms with Gasteiger partial charge in [-0.1, -0.05) is 18.6 Å². The molecule has 0 aliphatic carbocycles. The zero-order valence-electron chi connectivity index (χ0n) is 16.8. The van der Waals surface area contributed by atoms with E-state index in [1.54, 1.807) is 32.5 Å². The van der Waals surface area contributed by atoms with Crippen LogP contribution in [0.1, 0.15) is 47.2 Å². The lowest BCUT2D eigenvalue weighted by Gasteiger charge is -2.34. The standard InChI is InChI=1S/C21H28N4O3/c1-15-16(21(26)24-17-8-4-5-10-19(17)28-3)14-22-20(23-15)18-9-6-7-11-25(18)12-13-27-2/h4-5,8,10,14,18H,6-7,9,11-13H2,1-3H3,(H,24,26)/t18-/m0/s1. The number of anilines is 1. The van der Waals surface area contributed by atoms with E-state index in [0.29, 0.717) is 29.3 Å². The molecule has 7 nitrogen and oxygen atoms in total. The summed E-state index contributed by atoms with van der Waals surface area (Å²) in [6.45, 7) is 4.42. The molecule has 1 aliphatic rings. The molecule has 0 bridgehead atoms. The first-order valence-corrected chi connectivity index (χ1v) is 9.65. The lowest BCUT2D eigenvalue weighted by molar-refractivity contribution is 0.0920. The number of methoxy groups -OCH3 is 2. The topological polar surface area (TPSA) is 76.6 Å². The van der Waals surface area contributed by atoms with Crippen LogP contribution in [0.15, 0.2) is 30.5 Å². The van der Waals surface area contributed by atoms with Crippen LogP contribution in [-0.2, 0) is 4.74 Å². The van der Waals surface area contributed by atoms with Crippen LogP contribution in [0.2, 0.25) is 0 Å². The van der Waals surface area contributed by atoms with Crippen molar-refractivity contribution in [3.63, 3.8) is 0 Å². The maximum Gasteiger partial charge on any atom is 0.259 e. The highest BCUT2D eigenvalue weighted by atomic mass is 16.5. The number of carbonyl (C=O) groups excluding carboxylic acids is 1. The van der Waals surface area contributed by atoms with Gasteiger partial charge in [0.25, 0.3) is 5.91 Å². The number of nitrogens with one attached hydrogen (secondary N) is 1. The smallest absolute Gasteiger partial charge is 0.259 e. The van der Waals surface area contributed by atoms with Crippen molar-refractivity contribution < 1.29 is 14.3 Å². The van der Waals surface area contributed by atoms with E-state index >= 15 is 0 Å².